The molecular formula is C23H42N3O3+. The molecule has 3 atom stereocenters. The summed E-state index contributed by atoms with van der Waals surface area (Å²) in [7, 11) is 3.40. The van der Waals surface area contributed by atoms with Crippen molar-refractivity contribution in [3.05, 3.63) is 0 Å². The molecular weight excluding hydrogens is 366 g/mol. The van der Waals surface area contributed by atoms with Gasteiger partial charge < -0.3 is 14.8 Å². The molecule has 2 aliphatic carbocycles. The molecule has 0 radical (unpaired) electrons. The normalized spacial score (nSPS) is 37.4. The number of piperidine rings is 1. The van der Waals surface area contributed by atoms with E-state index in [-0.39, 0.29) is 12.0 Å². The Morgan fingerprint density at radius 2 is 1.62 bits per heavy atom. The molecule has 0 aromatic carbocycles. The Kier molecular flexibility index (Phi) is 7.49. The van der Waals surface area contributed by atoms with Crippen molar-refractivity contribution in [1.82, 2.24) is 9.80 Å². The molecule has 0 bridgehead atoms. The van der Waals surface area contributed by atoms with Crippen LogP contribution in [0.2, 0.25) is 0 Å². The number of esters is 1. The number of quaternary nitrogens is 1. The lowest BCUT2D eigenvalue weighted by Crippen LogP contribution is -2.89. The Morgan fingerprint density at radius 1 is 0.931 bits per heavy atom. The molecule has 6 nitrogen and oxygen atoms in total. The van der Waals surface area contributed by atoms with Gasteiger partial charge in [0.15, 0.2) is 0 Å². The third-order valence-corrected chi connectivity index (χ3v) is 8.27. The molecule has 0 aromatic rings. The van der Waals surface area contributed by atoms with E-state index in [1.807, 2.05) is 7.11 Å². The minimum atomic E-state index is -0.0449. The molecule has 0 amide bonds. The van der Waals surface area contributed by atoms with Crippen molar-refractivity contribution >= 4 is 5.97 Å². The van der Waals surface area contributed by atoms with Crippen LogP contribution < -0.4 is 5.32 Å². The van der Waals surface area contributed by atoms with E-state index < -0.39 is 0 Å². The second kappa shape index (κ2) is 10.1. The average Bonchev–Trinajstić information content (AvgIpc) is 3.15. The molecule has 166 valence electrons. The van der Waals surface area contributed by atoms with E-state index in [0.29, 0.717) is 18.2 Å². The number of ether oxygens (including phenoxy) is 2. The second-order valence-electron chi connectivity index (χ2n) is 10.0. The van der Waals surface area contributed by atoms with Crippen LogP contribution in [0.5, 0.6) is 0 Å². The molecule has 3 unspecified atom stereocenters. The first kappa shape index (κ1) is 21.5. The number of likely N-dealkylation sites (tertiary alicyclic amines) is 1. The first-order chi connectivity index (χ1) is 14.2. The molecule has 0 spiro atoms. The highest BCUT2D eigenvalue weighted by atomic mass is 16.5. The average molecular weight is 409 g/mol. The molecule has 6 heteroatoms. The van der Waals surface area contributed by atoms with Crippen LogP contribution in [0, 0.1) is 11.8 Å². The van der Waals surface area contributed by atoms with Crippen LogP contribution in [0.1, 0.15) is 64.2 Å². The predicted molar refractivity (Wildman–Crippen MR) is 112 cm³/mol. The van der Waals surface area contributed by atoms with Crippen molar-refractivity contribution in [1.29, 1.82) is 0 Å². The van der Waals surface area contributed by atoms with Crippen molar-refractivity contribution in [2.45, 2.75) is 88.4 Å². The molecule has 2 saturated carbocycles. The van der Waals surface area contributed by atoms with Gasteiger partial charge in [0.05, 0.1) is 19.3 Å². The number of fused-ring (bicyclic) bond motifs is 1. The molecule has 4 aliphatic rings. The summed E-state index contributed by atoms with van der Waals surface area (Å²) in [5.74, 6) is 1.54. The van der Waals surface area contributed by atoms with Gasteiger partial charge in [0.2, 0.25) is 0 Å². The lowest BCUT2D eigenvalue weighted by atomic mass is 9.85. The van der Waals surface area contributed by atoms with Gasteiger partial charge in [0.1, 0.15) is 18.8 Å². The van der Waals surface area contributed by atoms with Gasteiger partial charge in [0, 0.05) is 33.2 Å². The largest absolute Gasteiger partial charge is 0.468 e. The van der Waals surface area contributed by atoms with Crippen LogP contribution in [-0.4, -0.2) is 80.5 Å². The van der Waals surface area contributed by atoms with Gasteiger partial charge in [-0.1, -0.05) is 19.3 Å². The summed E-state index contributed by atoms with van der Waals surface area (Å²) in [6.07, 6.45) is 13.2. The second-order valence-corrected chi connectivity index (χ2v) is 10.0. The Bertz CT molecular complexity index is 531. The van der Waals surface area contributed by atoms with E-state index in [2.05, 4.69) is 15.1 Å². The van der Waals surface area contributed by atoms with Crippen molar-refractivity contribution in [2.75, 3.05) is 40.5 Å². The number of rotatable bonds is 6. The fraction of sp³-hybridized carbons (Fsp3) is 0.957. The van der Waals surface area contributed by atoms with Gasteiger partial charge in [-0.25, -0.2) is 4.90 Å². The van der Waals surface area contributed by atoms with Gasteiger partial charge >= 0.3 is 5.97 Å². The van der Waals surface area contributed by atoms with E-state index in [1.165, 1.54) is 64.3 Å². The summed E-state index contributed by atoms with van der Waals surface area (Å²) >= 11 is 0. The van der Waals surface area contributed by atoms with Crippen LogP contribution in [-0.2, 0) is 14.3 Å². The molecule has 2 aliphatic heterocycles. The van der Waals surface area contributed by atoms with Crippen molar-refractivity contribution in [2.24, 2.45) is 11.8 Å². The maximum absolute atomic E-state index is 12.6. The van der Waals surface area contributed by atoms with Gasteiger partial charge in [-0.15, -0.1) is 0 Å². The monoisotopic (exact) mass is 408 g/mol. The van der Waals surface area contributed by atoms with E-state index in [9.17, 15) is 4.79 Å². The van der Waals surface area contributed by atoms with Crippen molar-refractivity contribution < 1.29 is 19.6 Å². The number of nitrogens with zero attached hydrogens (tertiary/aromatic N) is 2. The molecule has 2 heterocycles. The Labute approximate surface area is 176 Å². The quantitative estimate of drug-likeness (QED) is 0.677. The highest BCUT2D eigenvalue weighted by molar-refractivity contribution is 5.75. The first-order valence-electron chi connectivity index (χ1n) is 12.1. The number of hydrogen-bond donors (Lipinski definition) is 1. The summed E-state index contributed by atoms with van der Waals surface area (Å²) < 4.78 is 10.8. The van der Waals surface area contributed by atoms with E-state index in [4.69, 9.17) is 9.47 Å². The number of hydrogen-bond acceptors (Lipinski definition) is 5. The predicted octanol–water partition coefficient (Wildman–Crippen LogP) is 1.59. The van der Waals surface area contributed by atoms with Crippen molar-refractivity contribution in [3.63, 3.8) is 0 Å². The first-order valence-corrected chi connectivity index (χ1v) is 12.1. The number of methoxy groups -OCH3 is 2. The lowest BCUT2D eigenvalue weighted by molar-refractivity contribution is -0.678. The van der Waals surface area contributed by atoms with Crippen LogP contribution in [0.25, 0.3) is 0 Å². The third kappa shape index (κ3) is 5.15. The summed E-state index contributed by atoms with van der Waals surface area (Å²) in [5.41, 5.74) is 0. The van der Waals surface area contributed by atoms with Crippen LogP contribution in [0.4, 0.5) is 0 Å². The highest BCUT2D eigenvalue weighted by Gasteiger charge is 2.48. The molecule has 4 rings (SSSR count). The fourth-order valence-corrected chi connectivity index (χ4v) is 6.49. The molecule has 29 heavy (non-hydrogen) atoms. The third-order valence-electron chi connectivity index (χ3n) is 8.27. The minimum absolute atomic E-state index is 0.0241. The van der Waals surface area contributed by atoms with E-state index in [1.54, 1.807) is 7.11 Å². The fourth-order valence-electron chi connectivity index (χ4n) is 6.49. The molecule has 2 N–H and O–H groups in total. The van der Waals surface area contributed by atoms with Gasteiger partial charge in [-0.3, -0.25) is 9.69 Å². The lowest BCUT2D eigenvalue weighted by Gasteiger charge is -2.42. The smallest absolute Gasteiger partial charge is 0.323 e. The minimum Gasteiger partial charge on any atom is -0.468 e. The number of nitrogens with two attached hydrogens (primary N) is 1. The highest BCUT2D eigenvalue weighted by Crippen LogP contribution is 2.31. The number of carbonyl (C=O) groups excluding carboxylic acids is 1. The van der Waals surface area contributed by atoms with Crippen molar-refractivity contribution in [3.8, 4) is 0 Å². The molecule has 2 saturated heterocycles. The summed E-state index contributed by atoms with van der Waals surface area (Å²) in [6, 6.07) is 1.08. The van der Waals surface area contributed by atoms with Crippen LogP contribution in [0.15, 0.2) is 0 Å². The Hall–Kier alpha value is -0.690. The standard InChI is InChI=1S/C23H41N3O3/c1-28-19-10-8-18(9-11-19)14-26-16-24-20-12-21(23(27)29-2)25(15-22(20)26)13-17-6-4-3-5-7-17/h17-22,24H,3-16H2,1-2H3/p+1. The summed E-state index contributed by atoms with van der Waals surface area (Å²) in [5, 5.41) is 2.49. The zero-order chi connectivity index (χ0) is 20.2. The van der Waals surface area contributed by atoms with Gasteiger partial charge in [0.25, 0.3) is 0 Å². The summed E-state index contributed by atoms with van der Waals surface area (Å²) in [4.78, 5) is 17.8. The Morgan fingerprint density at radius 3 is 2.31 bits per heavy atom. The van der Waals surface area contributed by atoms with E-state index >= 15 is 0 Å². The van der Waals surface area contributed by atoms with Crippen LogP contribution >= 0.6 is 0 Å². The zero-order valence-electron chi connectivity index (χ0n) is 18.6. The summed E-state index contributed by atoms with van der Waals surface area (Å²) in [6.45, 7) is 4.42. The van der Waals surface area contributed by atoms with Crippen LogP contribution in [0.3, 0.4) is 0 Å². The maximum atomic E-state index is 12.6. The van der Waals surface area contributed by atoms with Gasteiger partial charge in [-0.2, -0.15) is 0 Å². The molecule has 0 aromatic heterocycles. The van der Waals surface area contributed by atoms with Gasteiger partial charge in [-0.05, 0) is 50.4 Å². The molecule has 4 fully saturated rings. The maximum Gasteiger partial charge on any atom is 0.323 e. The van der Waals surface area contributed by atoms with E-state index in [0.717, 1.165) is 38.0 Å². The topological polar surface area (TPSA) is 58.6 Å². The number of carbonyl (C=O) groups is 1. The zero-order valence-corrected chi connectivity index (χ0v) is 18.6. The SMILES string of the molecule is COC(=O)C1CC2[NH2+]CN(CC3CCC(OC)CC3)C2CN1CC1CCCCC1. The Balaban J connectivity index is 1.37.